The Morgan fingerprint density at radius 1 is 1.22 bits per heavy atom. The Balaban J connectivity index is 1.74. The van der Waals surface area contributed by atoms with Gasteiger partial charge >= 0.3 is 5.69 Å². The summed E-state index contributed by atoms with van der Waals surface area (Å²) in [4.78, 5) is 28.4. The van der Waals surface area contributed by atoms with Crippen molar-refractivity contribution in [1.29, 1.82) is 0 Å². The average Bonchev–Trinajstić information content (AvgIpc) is 2.67. The highest BCUT2D eigenvalue weighted by Gasteiger charge is 2.11. The number of benzene rings is 2. The lowest BCUT2D eigenvalue weighted by atomic mass is 10.1. The van der Waals surface area contributed by atoms with Gasteiger partial charge in [-0.2, -0.15) is 10.1 Å². The predicted octanol–water partition coefficient (Wildman–Crippen LogP) is 2.91. The minimum atomic E-state index is -0.610. The molecule has 1 heterocycles. The second-order valence-electron chi connectivity index (χ2n) is 5.77. The molecule has 0 saturated heterocycles. The van der Waals surface area contributed by atoms with Gasteiger partial charge in [0.15, 0.2) is 0 Å². The SMILES string of the molecule is COc1ccc(-c2cnn(CC(=O)Nc3cccc(Cl)c3C)c(=O)n2)cc1. The minimum absolute atomic E-state index is 0.249. The molecule has 0 spiro atoms. The van der Waals surface area contributed by atoms with E-state index >= 15 is 0 Å². The smallest absolute Gasteiger partial charge is 0.365 e. The van der Waals surface area contributed by atoms with Crippen LogP contribution in [0.4, 0.5) is 5.69 Å². The van der Waals surface area contributed by atoms with Gasteiger partial charge in [-0.3, -0.25) is 4.79 Å². The molecule has 0 unspecified atom stereocenters. The Morgan fingerprint density at radius 2 is 1.96 bits per heavy atom. The monoisotopic (exact) mass is 384 g/mol. The summed E-state index contributed by atoms with van der Waals surface area (Å²) in [5.41, 5.74) is 1.88. The van der Waals surface area contributed by atoms with E-state index in [-0.39, 0.29) is 6.54 Å². The zero-order chi connectivity index (χ0) is 19.4. The normalized spacial score (nSPS) is 10.5. The highest BCUT2D eigenvalue weighted by atomic mass is 35.5. The molecule has 1 N–H and O–H groups in total. The van der Waals surface area contributed by atoms with Crippen LogP contribution >= 0.6 is 11.6 Å². The van der Waals surface area contributed by atoms with Gasteiger partial charge in [0, 0.05) is 16.3 Å². The van der Waals surface area contributed by atoms with Gasteiger partial charge in [-0.05, 0) is 48.9 Å². The summed E-state index contributed by atoms with van der Waals surface area (Å²) in [6, 6.07) is 12.3. The molecule has 0 saturated carbocycles. The number of anilines is 1. The Bertz CT molecular complexity index is 1030. The molecular weight excluding hydrogens is 368 g/mol. The van der Waals surface area contributed by atoms with E-state index in [0.717, 1.165) is 15.8 Å². The van der Waals surface area contributed by atoms with Crippen LogP contribution in [0.3, 0.4) is 0 Å². The van der Waals surface area contributed by atoms with Gasteiger partial charge in [0.05, 0.1) is 19.0 Å². The van der Waals surface area contributed by atoms with Gasteiger partial charge in [0.25, 0.3) is 0 Å². The predicted molar refractivity (Wildman–Crippen MR) is 103 cm³/mol. The number of hydrogen-bond donors (Lipinski definition) is 1. The molecule has 0 radical (unpaired) electrons. The molecule has 0 aliphatic rings. The summed E-state index contributed by atoms with van der Waals surface area (Å²) in [7, 11) is 1.58. The molecule has 138 valence electrons. The standard InChI is InChI=1S/C19H17ClN4O3/c1-12-15(20)4-3-5-16(12)22-18(25)11-24-19(26)23-17(10-21-24)13-6-8-14(27-2)9-7-13/h3-10H,11H2,1-2H3,(H,22,25). The zero-order valence-corrected chi connectivity index (χ0v) is 15.5. The first-order valence-corrected chi connectivity index (χ1v) is 8.49. The fraction of sp³-hybridized carbons (Fsp3) is 0.158. The molecular formula is C19H17ClN4O3. The number of halogens is 1. The molecule has 3 rings (SSSR count). The average molecular weight is 385 g/mol. The maximum absolute atomic E-state index is 12.2. The van der Waals surface area contributed by atoms with Crippen molar-refractivity contribution >= 4 is 23.2 Å². The number of methoxy groups -OCH3 is 1. The van der Waals surface area contributed by atoms with Crippen LogP contribution in [0.1, 0.15) is 5.56 Å². The summed E-state index contributed by atoms with van der Waals surface area (Å²) >= 11 is 6.04. The minimum Gasteiger partial charge on any atom is -0.497 e. The number of ether oxygens (including phenoxy) is 1. The number of nitrogens with one attached hydrogen (secondary N) is 1. The molecule has 3 aromatic rings. The Morgan fingerprint density at radius 3 is 2.63 bits per heavy atom. The fourth-order valence-corrected chi connectivity index (χ4v) is 2.62. The number of aromatic nitrogens is 3. The molecule has 0 atom stereocenters. The molecule has 0 aliphatic heterocycles. The van der Waals surface area contributed by atoms with Crippen molar-refractivity contribution in [2.24, 2.45) is 0 Å². The van der Waals surface area contributed by atoms with E-state index < -0.39 is 11.6 Å². The lowest BCUT2D eigenvalue weighted by molar-refractivity contribution is -0.117. The van der Waals surface area contributed by atoms with Crippen molar-refractivity contribution in [2.75, 3.05) is 12.4 Å². The van der Waals surface area contributed by atoms with Crippen LogP contribution in [-0.2, 0) is 11.3 Å². The Labute approximate surface area is 160 Å². The molecule has 1 aromatic heterocycles. The van der Waals surface area contributed by atoms with E-state index in [1.54, 1.807) is 56.5 Å². The Kier molecular flexibility index (Phi) is 5.52. The molecule has 0 fully saturated rings. The number of rotatable bonds is 5. The van der Waals surface area contributed by atoms with Crippen LogP contribution in [-0.4, -0.2) is 27.8 Å². The molecule has 8 heteroatoms. The number of nitrogens with zero attached hydrogens (tertiary/aromatic N) is 3. The van der Waals surface area contributed by atoms with Crippen molar-refractivity contribution in [3.8, 4) is 17.0 Å². The first kappa shape index (κ1) is 18.6. The van der Waals surface area contributed by atoms with Crippen molar-refractivity contribution in [1.82, 2.24) is 14.8 Å². The van der Waals surface area contributed by atoms with E-state index in [2.05, 4.69) is 15.4 Å². The molecule has 2 aromatic carbocycles. The maximum Gasteiger partial charge on any atom is 0.365 e. The molecule has 7 nitrogen and oxygen atoms in total. The van der Waals surface area contributed by atoms with Gasteiger partial charge in [-0.1, -0.05) is 17.7 Å². The van der Waals surface area contributed by atoms with Crippen molar-refractivity contribution in [2.45, 2.75) is 13.5 Å². The lowest BCUT2D eigenvalue weighted by Crippen LogP contribution is -2.31. The van der Waals surface area contributed by atoms with E-state index in [9.17, 15) is 9.59 Å². The summed E-state index contributed by atoms with van der Waals surface area (Å²) in [6.45, 7) is 1.55. The van der Waals surface area contributed by atoms with Crippen molar-refractivity contribution < 1.29 is 9.53 Å². The molecule has 0 aliphatic carbocycles. The van der Waals surface area contributed by atoms with Gasteiger partial charge in [-0.15, -0.1) is 0 Å². The van der Waals surface area contributed by atoms with E-state index in [4.69, 9.17) is 16.3 Å². The van der Waals surface area contributed by atoms with E-state index in [0.29, 0.717) is 22.2 Å². The second-order valence-corrected chi connectivity index (χ2v) is 6.18. The third kappa shape index (κ3) is 4.32. The molecule has 0 bridgehead atoms. The van der Waals surface area contributed by atoms with Gasteiger partial charge in [-0.25, -0.2) is 9.48 Å². The van der Waals surface area contributed by atoms with E-state index in [1.807, 2.05) is 0 Å². The summed E-state index contributed by atoms with van der Waals surface area (Å²) < 4.78 is 6.10. The van der Waals surface area contributed by atoms with Gasteiger partial charge < -0.3 is 10.1 Å². The maximum atomic E-state index is 12.2. The van der Waals surface area contributed by atoms with Crippen LogP contribution in [0.15, 0.2) is 53.5 Å². The molecule has 1 amide bonds. The number of carbonyl (C=O) groups is 1. The first-order valence-electron chi connectivity index (χ1n) is 8.11. The highest BCUT2D eigenvalue weighted by molar-refractivity contribution is 6.31. The summed E-state index contributed by atoms with van der Waals surface area (Å²) in [5.74, 6) is 0.307. The third-order valence-corrected chi connectivity index (χ3v) is 4.39. The largest absolute Gasteiger partial charge is 0.497 e. The zero-order valence-electron chi connectivity index (χ0n) is 14.8. The first-order chi connectivity index (χ1) is 13.0. The van der Waals surface area contributed by atoms with Crippen LogP contribution in [0.5, 0.6) is 5.75 Å². The topological polar surface area (TPSA) is 86.1 Å². The highest BCUT2D eigenvalue weighted by Crippen LogP contribution is 2.23. The molecule has 27 heavy (non-hydrogen) atoms. The third-order valence-electron chi connectivity index (χ3n) is 3.98. The Hall–Kier alpha value is -3.19. The fourth-order valence-electron chi connectivity index (χ4n) is 2.44. The number of carbonyl (C=O) groups excluding carboxylic acids is 1. The van der Waals surface area contributed by atoms with Crippen LogP contribution in [0.25, 0.3) is 11.3 Å². The summed E-state index contributed by atoms with van der Waals surface area (Å²) in [6.07, 6.45) is 1.45. The van der Waals surface area contributed by atoms with Crippen molar-refractivity contribution in [3.05, 3.63) is 69.7 Å². The van der Waals surface area contributed by atoms with Gasteiger partial charge in [0.1, 0.15) is 12.3 Å². The van der Waals surface area contributed by atoms with Crippen molar-refractivity contribution in [3.63, 3.8) is 0 Å². The van der Waals surface area contributed by atoms with Crippen LogP contribution in [0, 0.1) is 6.92 Å². The number of hydrogen-bond acceptors (Lipinski definition) is 5. The second kappa shape index (κ2) is 8.01. The van der Waals surface area contributed by atoms with E-state index in [1.165, 1.54) is 6.20 Å². The summed E-state index contributed by atoms with van der Waals surface area (Å²) in [5, 5.41) is 7.31. The van der Waals surface area contributed by atoms with Crippen LogP contribution in [0.2, 0.25) is 5.02 Å². The number of amides is 1. The lowest BCUT2D eigenvalue weighted by Gasteiger charge is -2.10. The quantitative estimate of drug-likeness (QED) is 0.731. The van der Waals surface area contributed by atoms with Crippen LogP contribution < -0.4 is 15.7 Å². The van der Waals surface area contributed by atoms with Gasteiger partial charge in [0.2, 0.25) is 5.91 Å².